The Morgan fingerprint density at radius 1 is 1.65 bits per heavy atom. The van der Waals surface area contributed by atoms with Gasteiger partial charge in [-0.15, -0.1) is 6.42 Å². The van der Waals surface area contributed by atoms with E-state index in [1.165, 1.54) is 6.33 Å². The van der Waals surface area contributed by atoms with E-state index in [2.05, 4.69) is 15.9 Å². The first-order valence-electron chi connectivity index (χ1n) is 6.44. The summed E-state index contributed by atoms with van der Waals surface area (Å²) in [6, 6.07) is 0. The van der Waals surface area contributed by atoms with Crippen molar-refractivity contribution in [1.29, 1.82) is 0 Å². The smallest absolute Gasteiger partial charge is 0.153 e. The fourth-order valence-electron chi connectivity index (χ4n) is 2.72. The van der Waals surface area contributed by atoms with Crippen LogP contribution in [0, 0.1) is 19.3 Å². The molecule has 1 aliphatic rings. The third kappa shape index (κ3) is 1.75. The Morgan fingerprint density at radius 3 is 3.10 bits per heavy atom. The quantitative estimate of drug-likeness (QED) is 0.796. The fourth-order valence-corrected chi connectivity index (χ4v) is 2.72. The van der Waals surface area contributed by atoms with E-state index < -0.39 is 5.60 Å². The lowest BCUT2D eigenvalue weighted by Gasteiger charge is -2.21. The molecule has 0 spiro atoms. The maximum absolute atomic E-state index is 9.42. The van der Waals surface area contributed by atoms with E-state index in [1.807, 2.05) is 17.7 Å². The van der Waals surface area contributed by atoms with Crippen LogP contribution in [0.25, 0.3) is 11.0 Å². The molecule has 1 fully saturated rings. The van der Waals surface area contributed by atoms with Crippen molar-refractivity contribution in [2.75, 3.05) is 12.3 Å². The number of aliphatic hydroxyl groups excluding tert-OH is 1. The molecule has 20 heavy (non-hydrogen) atoms. The van der Waals surface area contributed by atoms with Gasteiger partial charge in [0.05, 0.1) is 12.0 Å². The Balaban J connectivity index is 2.05. The van der Waals surface area contributed by atoms with E-state index in [0.717, 1.165) is 23.0 Å². The average molecular weight is 272 g/mol. The Morgan fingerprint density at radius 2 is 2.45 bits per heavy atom. The summed E-state index contributed by atoms with van der Waals surface area (Å²) in [5.41, 5.74) is 6.72. The van der Waals surface area contributed by atoms with Gasteiger partial charge < -0.3 is 20.1 Å². The number of rotatable bonds is 2. The van der Waals surface area contributed by atoms with Crippen molar-refractivity contribution < 1.29 is 9.84 Å². The van der Waals surface area contributed by atoms with E-state index >= 15 is 0 Å². The first-order valence-corrected chi connectivity index (χ1v) is 6.44. The van der Waals surface area contributed by atoms with Crippen LogP contribution in [0.15, 0.2) is 12.5 Å². The predicted molar refractivity (Wildman–Crippen MR) is 74.7 cm³/mol. The highest BCUT2D eigenvalue weighted by molar-refractivity contribution is 5.89. The van der Waals surface area contributed by atoms with Crippen molar-refractivity contribution in [3.8, 4) is 12.3 Å². The van der Waals surface area contributed by atoms with Crippen LogP contribution in [-0.2, 0) is 4.74 Å². The molecule has 2 aromatic heterocycles. The van der Waals surface area contributed by atoms with Crippen LogP contribution >= 0.6 is 0 Å². The molecule has 1 aliphatic heterocycles. The number of ether oxygens (including phenoxy) is 1. The molecule has 3 rings (SSSR count). The molecule has 1 saturated heterocycles. The molecular weight excluding hydrogens is 256 g/mol. The minimum atomic E-state index is -0.895. The van der Waals surface area contributed by atoms with Crippen LogP contribution in [0.1, 0.15) is 24.6 Å². The van der Waals surface area contributed by atoms with Crippen molar-refractivity contribution in [2.45, 2.75) is 31.6 Å². The Labute approximate surface area is 116 Å². The zero-order valence-electron chi connectivity index (χ0n) is 11.2. The second kappa shape index (κ2) is 4.47. The van der Waals surface area contributed by atoms with Crippen LogP contribution in [0.3, 0.4) is 0 Å². The summed E-state index contributed by atoms with van der Waals surface area (Å²) in [6.45, 7) is 1.77. The number of nitrogens with two attached hydrogens (primary N) is 1. The molecule has 0 radical (unpaired) electrons. The van der Waals surface area contributed by atoms with Crippen LogP contribution in [0.4, 0.5) is 5.82 Å². The maximum atomic E-state index is 9.42. The average Bonchev–Trinajstić information content (AvgIpc) is 3.02. The highest BCUT2D eigenvalue weighted by Gasteiger charge is 2.39. The van der Waals surface area contributed by atoms with Gasteiger partial charge in [-0.25, -0.2) is 9.97 Å². The normalized spacial score (nSPS) is 25.9. The minimum Gasteiger partial charge on any atom is -0.392 e. The van der Waals surface area contributed by atoms with E-state index in [0.29, 0.717) is 12.2 Å². The third-order valence-electron chi connectivity index (χ3n) is 3.81. The molecule has 0 amide bonds. The van der Waals surface area contributed by atoms with E-state index in [-0.39, 0.29) is 12.8 Å². The molecule has 2 atom stereocenters. The second-order valence-electron chi connectivity index (χ2n) is 5.08. The largest absolute Gasteiger partial charge is 0.392 e. The minimum absolute atomic E-state index is 0.185. The summed E-state index contributed by atoms with van der Waals surface area (Å²) in [6.07, 6.45) is 9.93. The van der Waals surface area contributed by atoms with Gasteiger partial charge in [0.1, 0.15) is 24.0 Å². The lowest BCUT2D eigenvalue weighted by atomic mass is 10.0. The number of anilines is 1. The predicted octanol–water partition coefficient (Wildman–Crippen LogP) is 0.995. The number of aliphatic hydroxyl groups is 1. The van der Waals surface area contributed by atoms with Gasteiger partial charge in [0.25, 0.3) is 0 Å². The van der Waals surface area contributed by atoms with Gasteiger partial charge in [-0.3, -0.25) is 0 Å². The van der Waals surface area contributed by atoms with Gasteiger partial charge in [0.15, 0.2) is 5.60 Å². The van der Waals surface area contributed by atoms with Gasteiger partial charge in [-0.2, -0.15) is 0 Å². The van der Waals surface area contributed by atoms with E-state index in [4.69, 9.17) is 16.9 Å². The van der Waals surface area contributed by atoms with Gasteiger partial charge in [-0.1, -0.05) is 5.92 Å². The highest BCUT2D eigenvalue weighted by atomic mass is 16.5. The summed E-state index contributed by atoms with van der Waals surface area (Å²) >= 11 is 0. The molecule has 2 aromatic rings. The number of fused-ring (bicyclic) bond motifs is 1. The summed E-state index contributed by atoms with van der Waals surface area (Å²) < 4.78 is 7.78. The van der Waals surface area contributed by atoms with Gasteiger partial charge >= 0.3 is 0 Å². The number of terminal acetylenes is 1. The SMILES string of the molecule is C#CC1(CO)CCC(n2cc(C)c3c(N)ncnc32)O1. The topological polar surface area (TPSA) is 86.2 Å². The summed E-state index contributed by atoms with van der Waals surface area (Å²) in [7, 11) is 0. The molecule has 3 heterocycles. The number of nitrogen functional groups attached to an aromatic ring is 1. The lowest BCUT2D eigenvalue weighted by molar-refractivity contribution is -0.0616. The molecule has 0 saturated carbocycles. The van der Waals surface area contributed by atoms with Crippen molar-refractivity contribution >= 4 is 16.9 Å². The van der Waals surface area contributed by atoms with E-state index in [9.17, 15) is 5.11 Å². The zero-order chi connectivity index (χ0) is 14.3. The van der Waals surface area contributed by atoms with Crippen LogP contribution in [0.5, 0.6) is 0 Å². The number of hydrogen-bond donors (Lipinski definition) is 2. The highest BCUT2D eigenvalue weighted by Crippen LogP contribution is 2.38. The van der Waals surface area contributed by atoms with Gasteiger partial charge in [0, 0.05) is 6.20 Å². The van der Waals surface area contributed by atoms with Gasteiger partial charge in [0.2, 0.25) is 0 Å². The van der Waals surface area contributed by atoms with Crippen molar-refractivity contribution in [2.24, 2.45) is 0 Å². The summed E-state index contributed by atoms with van der Waals surface area (Å²) in [5, 5.41) is 10.3. The van der Waals surface area contributed by atoms with Gasteiger partial charge in [-0.05, 0) is 25.3 Å². The molecule has 0 aromatic carbocycles. The van der Waals surface area contributed by atoms with Crippen LogP contribution in [-0.4, -0.2) is 31.8 Å². The van der Waals surface area contributed by atoms with Crippen LogP contribution < -0.4 is 5.73 Å². The number of nitrogens with zero attached hydrogens (tertiary/aromatic N) is 3. The summed E-state index contributed by atoms with van der Waals surface area (Å²) in [5.74, 6) is 3.00. The summed E-state index contributed by atoms with van der Waals surface area (Å²) in [4.78, 5) is 8.29. The Hall–Kier alpha value is -2.10. The first-order chi connectivity index (χ1) is 9.60. The number of aryl methyl sites for hydroxylation is 1. The second-order valence-corrected chi connectivity index (χ2v) is 5.08. The first kappa shape index (κ1) is 12.9. The van der Waals surface area contributed by atoms with Crippen molar-refractivity contribution in [3.05, 3.63) is 18.1 Å². The molecule has 3 N–H and O–H groups in total. The zero-order valence-corrected chi connectivity index (χ0v) is 11.2. The standard InChI is InChI=1S/C14H16N4O2/c1-3-14(7-19)5-4-10(20-14)18-6-9(2)11-12(15)16-8-17-13(11)18/h1,6,8,10,19H,4-5,7H2,2H3,(H2,15,16,17). The molecule has 104 valence electrons. The molecule has 0 bridgehead atoms. The fraction of sp³-hybridized carbons (Fsp3) is 0.429. The lowest BCUT2D eigenvalue weighted by Crippen LogP contribution is -2.31. The molecule has 6 heteroatoms. The third-order valence-corrected chi connectivity index (χ3v) is 3.81. The Bertz CT molecular complexity index is 703. The maximum Gasteiger partial charge on any atom is 0.153 e. The molecule has 2 unspecified atom stereocenters. The van der Waals surface area contributed by atoms with Crippen molar-refractivity contribution in [1.82, 2.24) is 14.5 Å². The van der Waals surface area contributed by atoms with Crippen molar-refractivity contribution in [3.63, 3.8) is 0 Å². The number of hydrogen-bond acceptors (Lipinski definition) is 5. The molecule has 6 nitrogen and oxygen atoms in total. The van der Waals surface area contributed by atoms with E-state index in [1.54, 1.807) is 0 Å². The van der Waals surface area contributed by atoms with Crippen LogP contribution in [0.2, 0.25) is 0 Å². The number of aromatic nitrogens is 3. The monoisotopic (exact) mass is 272 g/mol. The molecule has 0 aliphatic carbocycles. The molecular formula is C14H16N4O2. The Kier molecular flexibility index (Phi) is 2.89.